The van der Waals surface area contributed by atoms with Crippen LogP contribution in [0.1, 0.15) is 29.4 Å². The highest BCUT2D eigenvalue weighted by atomic mass is 79.9. The molecule has 1 unspecified atom stereocenters. The highest BCUT2D eigenvalue weighted by Gasteiger charge is 2.18. The van der Waals surface area contributed by atoms with Gasteiger partial charge in [0, 0.05) is 30.5 Å². The fourth-order valence-corrected chi connectivity index (χ4v) is 3.20. The van der Waals surface area contributed by atoms with Gasteiger partial charge in [0.2, 0.25) is 0 Å². The number of nitrogens with zero attached hydrogens (tertiary/aromatic N) is 3. The zero-order valence-corrected chi connectivity index (χ0v) is 14.3. The number of anilines is 1. The molecule has 3 rings (SSSR count). The van der Waals surface area contributed by atoms with Crippen molar-refractivity contribution in [2.24, 2.45) is 7.05 Å². The molecule has 1 saturated heterocycles. The number of amides is 1. The van der Waals surface area contributed by atoms with Gasteiger partial charge in [0.05, 0.1) is 6.04 Å². The van der Waals surface area contributed by atoms with Crippen molar-refractivity contribution >= 4 is 27.5 Å². The quantitative estimate of drug-likeness (QED) is 0.846. The van der Waals surface area contributed by atoms with E-state index in [1.54, 1.807) is 25.4 Å². The van der Waals surface area contributed by atoms with Crippen molar-refractivity contribution in [2.75, 3.05) is 18.4 Å². The minimum atomic E-state index is -0.386. The largest absolute Gasteiger partial charge is 0.316 e. The van der Waals surface area contributed by atoms with E-state index in [0.29, 0.717) is 10.2 Å². The summed E-state index contributed by atoms with van der Waals surface area (Å²) in [7, 11) is 1.63. The van der Waals surface area contributed by atoms with Crippen LogP contribution in [0.25, 0.3) is 0 Å². The predicted octanol–water partition coefficient (Wildman–Crippen LogP) is 1.52. The molecule has 0 radical (unpaired) electrons. The second-order valence-electron chi connectivity index (χ2n) is 5.62. The maximum Gasteiger partial charge on any atom is 0.276 e. The average molecular weight is 380 g/mol. The number of piperidine rings is 1. The number of hydrogen-bond acceptors (Lipinski definition) is 4. The molecule has 0 aromatic carbocycles. The minimum absolute atomic E-state index is 0.223. The molecule has 1 aliphatic rings. The number of halogens is 1. The highest BCUT2D eigenvalue weighted by Crippen LogP contribution is 2.16. The van der Waals surface area contributed by atoms with E-state index in [-0.39, 0.29) is 23.2 Å². The smallest absolute Gasteiger partial charge is 0.276 e. The van der Waals surface area contributed by atoms with Gasteiger partial charge < -0.3 is 15.2 Å². The van der Waals surface area contributed by atoms with Crippen molar-refractivity contribution in [1.29, 1.82) is 0 Å². The van der Waals surface area contributed by atoms with E-state index >= 15 is 0 Å². The third kappa shape index (κ3) is 3.53. The number of aromatic nitrogens is 3. The lowest BCUT2D eigenvalue weighted by atomic mass is 10.1. The molecule has 1 amide bonds. The summed E-state index contributed by atoms with van der Waals surface area (Å²) < 4.78 is 3.94. The molecule has 0 saturated carbocycles. The third-order valence-electron chi connectivity index (χ3n) is 3.88. The number of pyridine rings is 1. The molecule has 2 aromatic rings. The summed E-state index contributed by atoms with van der Waals surface area (Å²) in [6, 6.07) is 3.53. The van der Waals surface area contributed by atoms with Crippen LogP contribution in [0.4, 0.5) is 5.69 Å². The fraction of sp³-hybridized carbons (Fsp3) is 0.400. The van der Waals surface area contributed by atoms with Crippen LogP contribution in [0, 0.1) is 0 Å². The summed E-state index contributed by atoms with van der Waals surface area (Å²) in [5.41, 5.74) is 0.260. The lowest BCUT2D eigenvalue weighted by molar-refractivity contribution is 0.102. The molecule has 23 heavy (non-hydrogen) atoms. The van der Waals surface area contributed by atoms with E-state index < -0.39 is 0 Å². The van der Waals surface area contributed by atoms with Crippen LogP contribution >= 0.6 is 15.9 Å². The zero-order chi connectivity index (χ0) is 16.4. The second kappa shape index (κ2) is 6.67. The van der Waals surface area contributed by atoms with Crippen LogP contribution in [0.15, 0.2) is 33.8 Å². The zero-order valence-electron chi connectivity index (χ0n) is 12.8. The summed E-state index contributed by atoms with van der Waals surface area (Å²) in [6.45, 7) is 1.88. The fourth-order valence-electron chi connectivity index (χ4n) is 2.67. The van der Waals surface area contributed by atoms with Crippen LogP contribution in [0.5, 0.6) is 0 Å². The van der Waals surface area contributed by atoms with Crippen molar-refractivity contribution in [1.82, 2.24) is 19.7 Å². The Hall–Kier alpha value is -1.93. The Balaban J connectivity index is 1.76. The Morgan fingerprint density at radius 2 is 2.35 bits per heavy atom. The Morgan fingerprint density at radius 1 is 1.52 bits per heavy atom. The van der Waals surface area contributed by atoms with E-state index in [4.69, 9.17) is 0 Å². The van der Waals surface area contributed by atoms with Gasteiger partial charge in [-0.15, -0.1) is 0 Å². The van der Waals surface area contributed by atoms with Crippen molar-refractivity contribution < 1.29 is 4.79 Å². The standard InChI is InChI=1S/C15H18BrN5O2/c1-20-9-10(16)7-13(15(20)23)18-14(22)12-4-6-21(19-12)11-3-2-5-17-8-11/h4,6-7,9,11,17H,2-3,5,8H2,1H3,(H,18,22). The molecule has 0 aliphatic carbocycles. The molecule has 7 nitrogen and oxygen atoms in total. The number of carbonyl (C=O) groups is 1. The molecule has 3 heterocycles. The SMILES string of the molecule is Cn1cc(Br)cc(NC(=O)c2ccn(C3CCCNC3)n2)c1=O. The average Bonchev–Trinajstić information content (AvgIpc) is 3.03. The monoisotopic (exact) mass is 379 g/mol. The molecule has 122 valence electrons. The molecule has 2 N–H and O–H groups in total. The maximum absolute atomic E-state index is 12.3. The lowest BCUT2D eigenvalue weighted by Crippen LogP contribution is -2.32. The summed E-state index contributed by atoms with van der Waals surface area (Å²) in [5, 5.41) is 10.3. The molecule has 1 atom stereocenters. The first-order valence-electron chi connectivity index (χ1n) is 7.48. The van der Waals surface area contributed by atoms with Gasteiger partial charge >= 0.3 is 0 Å². The van der Waals surface area contributed by atoms with Crippen molar-refractivity contribution in [2.45, 2.75) is 18.9 Å². The normalized spacial score (nSPS) is 17.9. The van der Waals surface area contributed by atoms with Gasteiger partial charge in [-0.25, -0.2) is 0 Å². The second-order valence-corrected chi connectivity index (χ2v) is 6.54. The number of aryl methyl sites for hydroxylation is 1. The van der Waals surface area contributed by atoms with Gasteiger partial charge in [-0.1, -0.05) is 0 Å². The van der Waals surface area contributed by atoms with Crippen molar-refractivity contribution in [3.63, 3.8) is 0 Å². The van der Waals surface area contributed by atoms with Crippen LogP contribution < -0.4 is 16.2 Å². The van der Waals surface area contributed by atoms with Crippen LogP contribution in [-0.4, -0.2) is 33.3 Å². The number of hydrogen-bond donors (Lipinski definition) is 2. The molecule has 1 fully saturated rings. The molecule has 1 aliphatic heterocycles. The maximum atomic E-state index is 12.3. The molecule has 0 spiro atoms. The third-order valence-corrected chi connectivity index (χ3v) is 4.32. The number of rotatable bonds is 3. The van der Waals surface area contributed by atoms with Gasteiger partial charge in [-0.2, -0.15) is 5.10 Å². The summed E-state index contributed by atoms with van der Waals surface area (Å²) in [4.78, 5) is 24.4. The van der Waals surface area contributed by atoms with Gasteiger partial charge in [0.25, 0.3) is 11.5 Å². The van der Waals surface area contributed by atoms with E-state index in [9.17, 15) is 9.59 Å². The summed E-state index contributed by atoms with van der Waals surface area (Å²) >= 11 is 3.31. The molecular formula is C15H18BrN5O2. The Kier molecular flexibility index (Phi) is 4.63. The van der Waals surface area contributed by atoms with Crippen LogP contribution in [0.3, 0.4) is 0 Å². The number of nitrogens with one attached hydrogen (secondary N) is 2. The van der Waals surface area contributed by atoms with E-state index in [2.05, 4.69) is 31.7 Å². The first-order valence-corrected chi connectivity index (χ1v) is 8.27. The lowest BCUT2D eigenvalue weighted by Gasteiger charge is -2.22. The summed E-state index contributed by atoms with van der Waals surface area (Å²) in [6.07, 6.45) is 5.59. The van der Waals surface area contributed by atoms with Crippen LogP contribution in [0.2, 0.25) is 0 Å². The first kappa shape index (κ1) is 15.9. The first-order chi connectivity index (χ1) is 11.0. The van der Waals surface area contributed by atoms with Gasteiger partial charge in [-0.05, 0) is 47.4 Å². The molecule has 8 heteroatoms. The number of carbonyl (C=O) groups excluding carboxylic acids is 1. The Labute approximate surface area is 141 Å². The van der Waals surface area contributed by atoms with E-state index in [1.807, 2.05) is 10.9 Å². The predicted molar refractivity (Wildman–Crippen MR) is 90.7 cm³/mol. The van der Waals surface area contributed by atoms with E-state index in [1.165, 1.54) is 4.57 Å². The van der Waals surface area contributed by atoms with Crippen LogP contribution in [-0.2, 0) is 7.05 Å². The van der Waals surface area contributed by atoms with Gasteiger partial charge in [0.15, 0.2) is 5.69 Å². The highest BCUT2D eigenvalue weighted by molar-refractivity contribution is 9.10. The Bertz CT molecular complexity index is 776. The minimum Gasteiger partial charge on any atom is -0.316 e. The molecule has 0 bridgehead atoms. The Morgan fingerprint density at radius 3 is 3.09 bits per heavy atom. The summed E-state index contributed by atoms with van der Waals surface area (Å²) in [5.74, 6) is -0.386. The van der Waals surface area contributed by atoms with Crippen molar-refractivity contribution in [3.8, 4) is 0 Å². The molecule has 2 aromatic heterocycles. The van der Waals surface area contributed by atoms with Crippen molar-refractivity contribution in [3.05, 3.63) is 45.0 Å². The van der Waals surface area contributed by atoms with Gasteiger partial charge in [-0.3, -0.25) is 14.3 Å². The molecular weight excluding hydrogens is 362 g/mol. The topological polar surface area (TPSA) is 81.0 Å². The van der Waals surface area contributed by atoms with Gasteiger partial charge in [0.1, 0.15) is 5.69 Å². The van der Waals surface area contributed by atoms with E-state index in [0.717, 1.165) is 25.9 Å².